The molecule has 1 aromatic heterocycles. The summed E-state index contributed by atoms with van der Waals surface area (Å²) in [5, 5.41) is 9.60. The molecule has 8 aromatic carbocycles. The first kappa shape index (κ1) is 27.8. The van der Waals surface area contributed by atoms with Crippen LogP contribution in [0.25, 0.3) is 75.5 Å². The first-order valence-corrected chi connectivity index (χ1v) is 18.6. The molecule has 48 heavy (non-hydrogen) atoms. The molecule has 1 aliphatic rings. The van der Waals surface area contributed by atoms with Gasteiger partial charge in [-0.1, -0.05) is 152 Å². The summed E-state index contributed by atoms with van der Waals surface area (Å²) in [6.45, 7) is 0. The average Bonchev–Trinajstić information content (AvgIpc) is 3.69. The minimum Gasteiger partial charge on any atom is -0.135 e. The van der Waals surface area contributed by atoms with Gasteiger partial charge in [-0.15, -0.1) is 11.3 Å². The quantitative estimate of drug-likeness (QED) is 0.164. The number of fused-ring (bicyclic) bond motifs is 7. The van der Waals surface area contributed by atoms with Crippen molar-refractivity contribution in [1.29, 1.82) is 0 Å². The molecule has 0 saturated heterocycles. The molecule has 224 valence electrons. The third-order valence-corrected chi connectivity index (χ3v) is 13.3. The molecule has 1 heterocycles. The lowest BCUT2D eigenvalue weighted by atomic mass is 9.98. The van der Waals surface area contributed by atoms with Gasteiger partial charge in [-0.25, -0.2) is 0 Å². The zero-order chi connectivity index (χ0) is 31.6. The molecule has 0 unspecified atom stereocenters. The molecule has 0 saturated carbocycles. The predicted molar refractivity (Wildman–Crippen MR) is 211 cm³/mol. The van der Waals surface area contributed by atoms with Crippen molar-refractivity contribution in [2.24, 2.45) is 0 Å². The van der Waals surface area contributed by atoms with E-state index in [1.165, 1.54) is 91.4 Å². The Labute approximate surface area is 285 Å². The lowest BCUT2D eigenvalue weighted by Crippen LogP contribution is -2.21. The third kappa shape index (κ3) is 4.40. The average molecular weight is 645 g/mol. The molecule has 10 rings (SSSR count). The van der Waals surface area contributed by atoms with Crippen LogP contribution in [0.1, 0.15) is 0 Å². The Hall–Kier alpha value is -5.33. The molecule has 0 bridgehead atoms. The first-order chi connectivity index (χ1) is 23.8. The topological polar surface area (TPSA) is 0 Å². The van der Waals surface area contributed by atoms with Gasteiger partial charge in [-0.05, 0) is 103 Å². The molecule has 0 spiro atoms. The van der Waals surface area contributed by atoms with Crippen LogP contribution in [-0.2, 0) is 0 Å². The van der Waals surface area contributed by atoms with Crippen LogP contribution in [0, 0.1) is 0 Å². The normalized spacial score (nSPS) is 11.9. The molecule has 2 heteroatoms. The van der Waals surface area contributed by atoms with E-state index in [4.69, 9.17) is 0 Å². The Morgan fingerprint density at radius 3 is 1.52 bits per heavy atom. The SMILES string of the molecule is c1ccc(-c2cccc(P(c3cccc(-c4ccccc4)c3)c3ccc4c(c3)sc3cc5c6c(cccc6c34)-c3ccccc3-5)c2)cc1. The molecule has 1 aliphatic carbocycles. The predicted octanol–water partition coefficient (Wildman–Crippen LogP) is 11.9. The standard InChI is InChI=1S/C46H29PS/c1-3-12-30(13-4-1)32-16-9-18-34(26-32)47(35-19-10-17-33(27-35)31-14-5-2-6-15-31)36-24-25-40-43(28-36)48-44-29-42-38-21-8-7-20-37(38)39-22-11-23-41(45(39)42)46(40)44/h1-29H. The molecule has 0 amide bonds. The number of thiophene rings is 1. The van der Waals surface area contributed by atoms with Crippen LogP contribution >= 0.6 is 19.3 Å². The van der Waals surface area contributed by atoms with Crippen molar-refractivity contribution in [3.63, 3.8) is 0 Å². The van der Waals surface area contributed by atoms with Gasteiger partial charge >= 0.3 is 0 Å². The Kier molecular flexibility index (Phi) is 6.44. The Bertz CT molecular complexity index is 2590. The van der Waals surface area contributed by atoms with Crippen molar-refractivity contribution >= 4 is 66.1 Å². The summed E-state index contributed by atoms with van der Waals surface area (Å²) in [7, 11) is -0.824. The maximum absolute atomic E-state index is 2.49. The number of hydrogen-bond donors (Lipinski definition) is 0. The molecular formula is C46H29PS. The fourth-order valence-corrected chi connectivity index (χ4v) is 11.3. The summed E-state index contributed by atoms with van der Waals surface area (Å²) in [5.74, 6) is 0. The second kappa shape index (κ2) is 11.1. The highest BCUT2D eigenvalue weighted by Gasteiger charge is 2.25. The Morgan fingerprint density at radius 2 is 0.854 bits per heavy atom. The van der Waals surface area contributed by atoms with Gasteiger partial charge in [0, 0.05) is 20.2 Å². The van der Waals surface area contributed by atoms with Gasteiger partial charge in [0.1, 0.15) is 0 Å². The summed E-state index contributed by atoms with van der Waals surface area (Å²) >= 11 is 1.94. The lowest BCUT2D eigenvalue weighted by molar-refractivity contribution is 1.63. The second-order valence-electron chi connectivity index (χ2n) is 12.5. The lowest BCUT2D eigenvalue weighted by Gasteiger charge is -2.21. The highest BCUT2D eigenvalue weighted by Crippen LogP contribution is 2.52. The van der Waals surface area contributed by atoms with E-state index >= 15 is 0 Å². The van der Waals surface area contributed by atoms with Crippen LogP contribution in [0.2, 0.25) is 0 Å². The summed E-state index contributed by atoms with van der Waals surface area (Å²) in [5.41, 5.74) is 10.4. The van der Waals surface area contributed by atoms with E-state index in [1.807, 2.05) is 11.3 Å². The molecule has 0 radical (unpaired) electrons. The van der Waals surface area contributed by atoms with E-state index in [2.05, 4.69) is 176 Å². The van der Waals surface area contributed by atoms with Crippen LogP contribution in [0.3, 0.4) is 0 Å². The summed E-state index contributed by atoms with van der Waals surface area (Å²) in [6, 6.07) is 65.4. The number of rotatable bonds is 5. The molecule has 0 aliphatic heterocycles. The van der Waals surface area contributed by atoms with E-state index in [9.17, 15) is 0 Å². The minimum atomic E-state index is -0.824. The van der Waals surface area contributed by atoms with Crippen LogP contribution in [-0.4, -0.2) is 0 Å². The van der Waals surface area contributed by atoms with Crippen molar-refractivity contribution in [3.05, 3.63) is 176 Å². The van der Waals surface area contributed by atoms with Crippen molar-refractivity contribution in [3.8, 4) is 44.5 Å². The van der Waals surface area contributed by atoms with E-state index in [0.717, 1.165) is 0 Å². The molecule has 9 aromatic rings. The van der Waals surface area contributed by atoms with Gasteiger partial charge < -0.3 is 0 Å². The summed E-state index contributed by atoms with van der Waals surface area (Å²) < 4.78 is 2.71. The van der Waals surface area contributed by atoms with Crippen LogP contribution < -0.4 is 15.9 Å². The van der Waals surface area contributed by atoms with Gasteiger partial charge in [-0.2, -0.15) is 0 Å². The summed E-state index contributed by atoms with van der Waals surface area (Å²) in [4.78, 5) is 0. The van der Waals surface area contributed by atoms with E-state index < -0.39 is 7.92 Å². The second-order valence-corrected chi connectivity index (χ2v) is 15.8. The van der Waals surface area contributed by atoms with Gasteiger partial charge in [0.15, 0.2) is 0 Å². The Morgan fingerprint density at radius 1 is 0.312 bits per heavy atom. The maximum Gasteiger partial charge on any atom is 0.0368 e. The fraction of sp³-hybridized carbons (Fsp3) is 0. The van der Waals surface area contributed by atoms with Crippen molar-refractivity contribution in [2.75, 3.05) is 0 Å². The molecular weight excluding hydrogens is 616 g/mol. The minimum absolute atomic E-state index is 0.824. The van der Waals surface area contributed by atoms with Gasteiger partial charge in [0.05, 0.1) is 0 Å². The van der Waals surface area contributed by atoms with E-state index in [-0.39, 0.29) is 0 Å². The van der Waals surface area contributed by atoms with Crippen molar-refractivity contribution < 1.29 is 0 Å². The molecule has 0 atom stereocenters. The van der Waals surface area contributed by atoms with Crippen LogP contribution in [0.4, 0.5) is 0 Å². The zero-order valence-electron chi connectivity index (χ0n) is 26.1. The van der Waals surface area contributed by atoms with Crippen LogP contribution in [0.15, 0.2) is 176 Å². The largest absolute Gasteiger partial charge is 0.135 e. The highest BCUT2D eigenvalue weighted by atomic mass is 32.1. The first-order valence-electron chi connectivity index (χ1n) is 16.4. The van der Waals surface area contributed by atoms with Gasteiger partial charge in [0.2, 0.25) is 0 Å². The highest BCUT2D eigenvalue weighted by molar-refractivity contribution is 7.79. The Balaban J connectivity index is 1.18. The van der Waals surface area contributed by atoms with Gasteiger partial charge in [0.25, 0.3) is 0 Å². The fourth-order valence-electron chi connectivity index (χ4n) is 7.62. The number of hydrogen-bond acceptors (Lipinski definition) is 1. The van der Waals surface area contributed by atoms with Crippen molar-refractivity contribution in [2.45, 2.75) is 0 Å². The van der Waals surface area contributed by atoms with Gasteiger partial charge in [-0.3, -0.25) is 0 Å². The molecule has 0 nitrogen and oxygen atoms in total. The molecule has 0 N–H and O–H groups in total. The monoisotopic (exact) mass is 644 g/mol. The summed E-state index contributed by atoms with van der Waals surface area (Å²) in [6.07, 6.45) is 0. The molecule has 0 fully saturated rings. The zero-order valence-corrected chi connectivity index (χ0v) is 27.8. The van der Waals surface area contributed by atoms with E-state index in [0.29, 0.717) is 0 Å². The maximum atomic E-state index is 2.49. The van der Waals surface area contributed by atoms with E-state index in [1.54, 1.807) is 0 Å². The smallest absolute Gasteiger partial charge is 0.0368 e. The third-order valence-electron chi connectivity index (χ3n) is 9.77. The number of benzene rings is 8. The van der Waals surface area contributed by atoms with Crippen molar-refractivity contribution in [1.82, 2.24) is 0 Å². The van der Waals surface area contributed by atoms with Crippen LogP contribution in [0.5, 0.6) is 0 Å².